The van der Waals surface area contributed by atoms with E-state index in [-0.39, 0.29) is 17.6 Å². The van der Waals surface area contributed by atoms with Crippen molar-refractivity contribution in [3.8, 4) is 17.0 Å². The summed E-state index contributed by atoms with van der Waals surface area (Å²) in [6, 6.07) is 16.2. The Morgan fingerprint density at radius 3 is 2.55 bits per heavy atom. The summed E-state index contributed by atoms with van der Waals surface area (Å²) in [6.07, 6.45) is 1.20. The van der Waals surface area contributed by atoms with Gasteiger partial charge < -0.3 is 15.3 Å². The number of rotatable bonds is 2. The number of carbonyl (C=O) groups is 2. The molecule has 1 spiro atoms. The molecule has 2 aliphatic rings. The smallest absolute Gasteiger partial charge is 0.271 e. The molecule has 2 aromatic carbocycles. The number of likely N-dealkylation sites (tertiary alicyclic amines) is 1. The number of para-hydroxylation sites is 1. The average molecular weight is 388 g/mol. The number of nitrogens with one attached hydrogen (secondary N) is 2. The van der Waals surface area contributed by atoms with Crippen molar-refractivity contribution in [2.75, 3.05) is 18.4 Å². The van der Waals surface area contributed by atoms with Crippen molar-refractivity contribution in [3.63, 3.8) is 0 Å². The number of aromatic nitrogens is 2. The lowest BCUT2D eigenvalue weighted by atomic mass is 9.73. The van der Waals surface area contributed by atoms with Gasteiger partial charge in [0.05, 0.1) is 11.1 Å². The normalized spacial score (nSPS) is 17.2. The zero-order valence-corrected chi connectivity index (χ0v) is 15.7. The molecule has 1 aromatic heterocycles. The van der Waals surface area contributed by atoms with E-state index in [1.54, 1.807) is 35.2 Å². The molecule has 0 aliphatic carbocycles. The number of nitrogens with zero attached hydrogens (tertiary/aromatic N) is 2. The third-order valence-corrected chi connectivity index (χ3v) is 6.00. The zero-order chi connectivity index (χ0) is 20.0. The highest BCUT2D eigenvalue weighted by Crippen LogP contribution is 2.44. The molecule has 7 nitrogen and oxygen atoms in total. The van der Waals surface area contributed by atoms with Gasteiger partial charge in [0.1, 0.15) is 11.4 Å². The molecule has 7 heteroatoms. The summed E-state index contributed by atoms with van der Waals surface area (Å²) in [7, 11) is 0. The first-order chi connectivity index (χ1) is 14.1. The van der Waals surface area contributed by atoms with Crippen LogP contribution < -0.4 is 5.32 Å². The Kier molecular flexibility index (Phi) is 3.91. The minimum atomic E-state index is -0.543. The molecular formula is C22H20N4O3. The first-order valence-corrected chi connectivity index (χ1v) is 9.62. The van der Waals surface area contributed by atoms with Crippen LogP contribution in [-0.2, 0) is 10.2 Å². The predicted molar refractivity (Wildman–Crippen MR) is 108 cm³/mol. The van der Waals surface area contributed by atoms with Crippen molar-refractivity contribution in [3.05, 3.63) is 65.9 Å². The van der Waals surface area contributed by atoms with E-state index in [0.717, 1.165) is 16.8 Å². The minimum absolute atomic E-state index is 0.0296. The van der Waals surface area contributed by atoms with E-state index < -0.39 is 5.41 Å². The van der Waals surface area contributed by atoms with Gasteiger partial charge in [-0.2, -0.15) is 5.10 Å². The number of phenolic OH excluding ortho intramolecular Hbond substituents is 1. The van der Waals surface area contributed by atoms with Gasteiger partial charge in [0, 0.05) is 24.3 Å². The lowest BCUT2D eigenvalue weighted by molar-refractivity contribution is -0.122. The van der Waals surface area contributed by atoms with Gasteiger partial charge in [-0.3, -0.25) is 14.7 Å². The van der Waals surface area contributed by atoms with E-state index in [4.69, 9.17) is 0 Å². The lowest BCUT2D eigenvalue weighted by Crippen LogP contribution is -2.48. The highest BCUT2D eigenvalue weighted by Gasteiger charge is 2.48. The van der Waals surface area contributed by atoms with E-state index >= 15 is 0 Å². The van der Waals surface area contributed by atoms with Crippen LogP contribution in [0.15, 0.2) is 54.6 Å². The molecule has 3 aromatic rings. The van der Waals surface area contributed by atoms with E-state index in [0.29, 0.717) is 37.3 Å². The molecular weight excluding hydrogens is 368 g/mol. The monoisotopic (exact) mass is 388 g/mol. The number of aromatic amines is 1. The van der Waals surface area contributed by atoms with Gasteiger partial charge >= 0.3 is 0 Å². The molecule has 0 atom stereocenters. The van der Waals surface area contributed by atoms with Gasteiger partial charge in [-0.15, -0.1) is 0 Å². The number of H-pyrrole nitrogens is 1. The zero-order valence-electron chi connectivity index (χ0n) is 15.7. The van der Waals surface area contributed by atoms with Crippen molar-refractivity contribution in [2.45, 2.75) is 18.3 Å². The second kappa shape index (κ2) is 6.48. The number of carbonyl (C=O) groups excluding carboxylic acids is 2. The van der Waals surface area contributed by atoms with Crippen molar-refractivity contribution in [1.82, 2.24) is 15.1 Å². The second-order valence-electron chi connectivity index (χ2n) is 7.59. The largest absolute Gasteiger partial charge is 0.508 e. The van der Waals surface area contributed by atoms with Crippen LogP contribution >= 0.6 is 0 Å². The molecule has 1 fully saturated rings. The van der Waals surface area contributed by atoms with Gasteiger partial charge in [0.15, 0.2) is 0 Å². The molecule has 0 unspecified atom stereocenters. The number of anilines is 1. The quantitative estimate of drug-likeness (QED) is 0.629. The van der Waals surface area contributed by atoms with Gasteiger partial charge in [-0.05, 0) is 54.8 Å². The Bertz CT molecular complexity index is 1100. The van der Waals surface area contributed by atoms with Crippen LogP contribution in [0.2, 0.25) is 0 Å². The summed E-state index contributed by atoms with van der Waals surface area (Å²) >= 11 is 0. The predicted octanol–water partition coefficient (Wildman–Crippen LogP) is 2.91. The summed E-state index contributed by atoms with van der Waals surface area (Å²) in [6.45, 7) is 1.02. The molecule has 0 radical (unpaired) electrons. The fraction of sp³-hybridized carbons (Fsp3) is 0.227. The van der Waals surface area contributed by atoms with Crippen LogP contribution in [0, 0.1) is 0 Å². The van der Waals surface area contributed by atoms with Crippen LogP contribution in [0.4, 0.5) is 5.69 Å². The fourth-order valence-corrected chi connectivity index (χ4v) is 4.34. The average Bonchev–Trinajstić information content (AvgIpc) is 3.33. The highest BCUT2D eigenvalue weighted by molar-refractivity contribution is 6.06. The minimum Gasteiger partial charge on any atom is -0.508 e. The van der Waals surface area contributed by atoms with Crippen LogP contribution in [0.1, 0.15) is 28.9 Å². The maximum absolute atomic E-state index is 12.9. The maximum Gasteiger partial charge on any atom is 0.271 e. The first kappa shape index (κ1) is 17.5. The van der Waals surface area contributed by atoms with E-state index in [1.807, 2.05) is 24.3 Å². The number of aromatic hydroxyl groups is 1. The fourth-order valence-electron chi connectivity index (χ4n) is 4.34. The molecule has 146 valence electrons. The van der Waals surface area contributed by atoms with Gasteiger partial charge in [0.25, 0.3) is 5.91 Å². The highest BCUT2D eigenvalue weighted by atomic mass is 16.3. The van der Waals surface area contributed by atoms with E-state index in [9.17, 15) is 14.7 Å². The molecule has 0 saturated carbocycles. The molecule has 3 N–H and O–H groups in total. The summed E-state index contributed by atoms with van der Waals surface area (Å²) in [5, 5.41) is 19.4. The van der Waals surface area contributed by atoms with Crippen LogP contribution in [0.3, 0.4) is 0 Å². The Morgan fingerprint density at radius 2 is 1.79 bits per heavy atom. The first-order valence-electron chi connectivity index (χ1n) is 9.62. The molecule has 1 saturated heterocycles. The number of piperidine rings is 1. The molecule has 29 heavy (non-hydrogen) atoms. The third kappa shape index (κ3) is 2.77. The molecule has 5 rings (SSSR count). The Morgan fingerprint density at radius 1 is 1.07 bits per heavy atom. The van der Waals surface area contributed by atoms with Gasteiger partial charge in [0.2, 0.25) is 5.91 Å². The molecule has 3 heterocycles. The van der Waals surface area contributed by atoms with Gasteiger partial charge in [-0.1, -0.05) is 18.2 Å². The molecule has 0 bridgehead atoms. The lowest BCUT2D eigenvalue weighted by Gasteiger charge is -2.37. The Hall–Kier alpha value is -3.61. The third-order valence-electron chi connectivity index (χ3n) is 6.00. The second-order valence-corrected chi connectivity index (χ2v) is 7.59. The van der Waals surface area contributed by atoms with Crippen LogP contribution in [0.5, 0.6) is 5.75 Å². The SMILES string of the molecule is O=C(c1cc(-c2ccc(O)cc2)n[nH]1)N1CCC2(CC1)C(=O)Nc1ccccc12. The van der Waals surface area contributed by atoms with E-state index in [1.165, 1.54) is 0 Å². The van der Waals surface area contributed by atoms with Crippen molar-refractivity contribution in [2.24, 2.45) is 0 Å². The maximum atomic E-state index is 12.9. The molecule has 2 aliphatic heterocycles. The van der Waals surface area contributed by atoms with Crippen molar-refractivity contribution < 1.29 is 14.7 Å². The number of fused-ring (bicyclic) bond motifs is 2. The Balaban J connectivity index is 1.32. The summed E-state index contributed by atoms with van der Waals surface area (Å²) in [5.74, 6) is 0.0892. The van der Waals surface area contributed by atoms with Gasteiger partial charge in [-0.25, -0.2) is 0 Å². The summed E-state index contributed by atoms with van der Waals surface area (Å²) in [5.41, 5.74) is 3.25. The Labute approximate surface area is 167 Å². The molecule has 2 amide bonds. The summed E-state index contributed by atoms with van der Waals surface area (Å²) < 4.78 is 0. The van der Waals surface area contributed by atoms with Crippen molar-refractivity contribution in [1.29, 1.82) is 0 Å². The number of hydrogen-bond acceptors (Lipinski definition) is 4. The number of hydrogen-bond donors (Lipinski definition) is 3. The standard InChI is InChI=1S/C22H20N4O3/c27-15-7-5-14(6-8-15)18-13-19(25-24-18)20(28)26-11-9-22(10-12-26)16-3-1-2-4-17(16)23-21(22)29/h1-8,13,27H,9-12H2,(H,23,29)(H,24,25). The van der Waals surface area contributed by atoms with Crippen molar-refractivity contribution >= 4 is 17.5 Å². The summed E-state index contributed by atoms with van der Waals surface area (Å²) in [4.78, 5) is 27.4. The number of phenols is 1. The van der Waals surface area contributed by atoms with Crippen LogP contribution in [-0.4, -0.2) is 45.1 Å². The van der Waals surface area contributed by atoms with E-state index in [2.05, 4.69) is 15.5 Å². The van der Waals surface area contributed by atoms with Crippen LogP contribution in [0.25, 0.3) is 11.3 Å². The number of amides is 2. The topological polar surface area (TPSA) is 98.3 Å². The number of benzene rings is 2.